The second kappa shape index (κ2) is 5.02. The van der Waals surface area contributed by atoms with Crippen LogP contribution in [0.3, 0.4) is 0 Å². The van der Waals surface area contributed by atoms with E-state index in [4.69, 9.17) is 0 Å². The van der Waals surface area contributed by atoms with Crippen LogP contribution in [0.2, 0.25) is 0 Å². The van der Waals surface area contributed by atoms with E-state index in [2.05, 4.69) is 34.5 Å². The molecule has 3 aliphatic heterocycles. The molecule has 23 heavy (non-hydrogen) atoms. The minimum absolute atomic E-state index is 0.179. The molecule has 1 unspecified atom stereocenters. The molecule has 2 aromatic rings. The Bertz CT molecular complexity index is 790. The van der Waals surface area contributed by atoms with Crippen molar-refractivity contribution in [3.05, 3.63) is 59.2 Å². The number of carbonyl (C=O) groups is 1. The Morgan fingerprint density at radius 2 is 1.65 bits per heavy atom. The van der Waals surface area contributed by atoms with Gasteiger partial charge >= 0.3 is 0 Å². The molecule has 2 bridgehead atoms. The Hall–Kier alpha value is -1.97. The molecule has 3 heteroatoms. The first-order chi connectivity index (χ1) is 11.3. The van der Waals surface area contributed by atoms with Crippen molar-refractivity contribution in [1.29, 1.82) is 0 Å². The lowest BCUT2D eigenvalue weighted by atomic mass is 9.98. The number of rotatable bonds is 1. The van der Waals surface area contributed by atoms with E-state index in [0.717, 1.165) is 41.9 Å². The number of ketones is 1. The minimum atomic E-state index is 0.179. The number of nitrogens with zero attached hydrogens (tertiary/aromatic N) is 1. The molecule has 3 fully saturated rings. The molecular formula is C20H20N2O. The third-order valence-electron chi connectivity index (χ3n) is 5.71. The number of hydrogen-bond acceptors (Lipinski definition) is 3. The van der Waals surface area contributed by atoms with Crippen LogP contribution in [0.15, 0.2) is 42.5 Å². The highest BCUT2D eigenvalue weighted by Crippen LogP contribution is 2.38. The van der Waals surface area contributed by atoms with Crippen molar-refractivity contribution in [3.63, 3.8) is 0 Å². The zero-order valence-electron chi connectivity index (χ0n) is 13.1. The third-order valence-corrected chi connectivity index (χ3v) is 5.71. The van der Waals surface area contributed by atoms with Crippen molar-refractivity contribution in [2.24, 2.45) is 0 Å². The number of hydrogen-bond donors (Lipinski definition) is 1. The van der Waals surface area contributed by atoms with Crippen molar-refractivity contribution in [1.82, 2.24) is 10.2 Å². The molecule has 3 nitrogen and oxygen atoms in total. The van der Waals surface area contributed by atoms with Crippen molar-refractivity contribution < 1.29 is 4.79 Å². The Kier molecular flexibility index (Phi) is 2.94. The van der Waals surface area contributed by atoms with E-state index in [1.807, 2.05) is 18.2 Å². The average molecular weight is 304 g/mol. The minimum Gasteiger partial charge on any atom is -0.312 e. The van der Waals surface area contributed by atoms with E-state index in [-0.39, 0.29) is 5.78 Å². The van der Waals surface area contributed by atoms with E-state index >= 15 is 0 Å². The highest BCUT2D eigenvalue weighted by Gasteiger charge is 2.32. The lowest BCUT2D eigenvalue weighted by Crippen LogP contribution is -2.35. The fourth-order valence-corrected chi connectivity index (χ4v) is 4.40. The van der Waals surface area contributed by atoms with Crippen molar-refractivity contribution in [2.45, 2.75) is 24.9 Å². The summed E-state index contributed by atoms with van der Waals surface area (Å²) in [5, 5.41) is 3.69. The number of nitrogens with one attached hydrogen (secondary N) is 1. The van der Waals surface area contributed by atoms with Crippen molar-refractivity contribution in [3.8, 4) is 11.1 Å². The SMILES string of the molecule is O=C1c2ccccc2-c2ccc(C3CNC4CCN3CC4)cc21. The molecule has 6 rings (SSSR count). The highest BCUT2D eigenvalue weighted by molar-refractivity contribution is 6.21. The largest absolute Gasteiger partial charge is 0.312 e. The van der Waals surface area contributed by atoms with Gasteiger partial charge in [0.25, 0.3) is 0 Å². The predicted octanol–water partition coefficient (Wildman–Crippen LogP) is 3.01. The summed E-state index contributed by atoms with van der Waals surface area (Å²) >= 11 is 0. The summed E-state index contributed by atoms with van der Waals surface area (Å²) < 4.78 is 0. The molecule has 0 aromatic heterocycles. The molecule has 1 aliphatic carbocycles. The van der Waals surface area contributed by atoms with Crippen molar-refractivity contribution in [2.75, 3.05) is 19.6 Å². The van der Waals surface area contributed by atoms with E-state index in [0.29, 0.717) is 12.1 Å². The van der Waals surface area contributed by atoms with Crippen LogP contribution >= 0.6 is 0 Å². The van der Waals surface area contributed by atoms with E-state index < -0.39 is 0 Å². The number of carbonyl (C=O) groups excluding carboxylic acids is 1. The summed E-state index contributed by atoms with van der Waals surface area (Å²) in [5.74, 6) is 0.179. The maximum Gasteiger partial charge on any atom is 0.194 e. The molecule has 0 spiro atoms. The second-order valence-electron chi connectivity index (χ2n) is 6.91. The van der Waals surface area contributed by atoms with Gasteiger partial charge in [-0.1, -0.05) is 36.4 Å². The van der Waals surface area contributed by atoms with Crippen molar-refractivity contribution >= 4 is 5.78 Å². The fourth-order valence-electron chi connectivity index (χ4n) is 4.40. The quantitative estimate of drug-likeness (QED) is 0.750. The third kappa shape index (κ3) is 2.00. The number of piperidine rings is 1. The zero-order chi connectivity index (χ0) is 15.4. The Labute approximate surface area is 136 Å². The molecule has 2 aromatic carbocycles. The van der Waals surface area contributed by atoms with Gasteiger partial charge in [-0.05, 0) is 35.6 Å². The number of fused-ring (bicyclic) bond motifs is 7. The van der Waals surface area contributed by atoms with Gasteiger partial charge in [0.1, 0.15) is 0 Å². The molecular weight excluding hydrogens is 284 g/mol. The van der Waals surface area contributed by atoms with Gasteiger partial charge in [-0.2, -0.15) is 0 Å². The summed E-state index contributed by atoms with van der Waals surface area (Å²) in [6.07, 6.45) is 2.48. The average Bonchev–Trinajstić information content (AvgIpc) is 2.79. The van der Waals surface area contributed by atoms with Crippen LogP contribution in [0.1, 0.15) is 40.4 Å². The summed E-state index contributed by atoms with van der Waals surface area (Å²) in [5.41, 5.74) is 5.18. The van der Waals surface area contributed by atoms with Crippen LogP contribution in [-0.4, -0.2) is 36.4 Å². The predicted molar refractivity (Wildman–Crippen MR) is 90.6 cm³/mol. The van der Waals surface area contributed by atoms with Gasteiger partial charge in [0.2, 0.25) is 0 Å². The van der Waals surface area contributed by atoms with Gasteiger partial charge < -0.3 is 5.32 Å². The smallest absolute Gasteiger partial charge is 0.194 e. The molecule has 1 N–H and O–H groups in total. The molecule has 1 atom stereocenters. The summed E-state index contributed by atoms with van der Waals surface area (Å²) in [7, 11) is 0. The van der Waals surface area contributed by atoms with Crippen LogP contribution in [0, 0.1) is 0 Å². The Balaban J connectivity index is 1.56. The van der Waals surface area contributed by atoms with Gasteiger partial charge in [-0.25, -0.2) is 0 Å². The van der Waals surface area contributed by atoms with E-state index in [1.54, 1.807) is 0 Å². The standard InChI is InChI=1S/C20H20N2O/c23-20-17-4-2-1-3-15(17)16-6-5-13(11-18(16)20)19-12-21-14-7-9-22(19)10-8-14/h1-6,11,14,19,21H,7-10,12H2. The number of benzene rings is 2. The first-order valence-electron chi connectivity index (χ1n) is 8.57. The van der Waals surface area contributed by atoms with Gasteiger partial charge in [0.15, 0.2) is 5.78 Å². The molecule has 0 amide bonds. The van der Waals surface area contributed by atoms with E-state index in [9.17, 15) is 4.79 Å². The van der Waals surface area contributed by atoms with Gasteiger partial charge in [-0.3, -0.25) is 9.69 Å². The second-order valence-corrected chi connectivity index (χ2v) is 6.91. The zero-order valence-corrected chi connectivity index (χ0v) is 13.1. The first kappa shape index (κ1) is 13.5. The maximum atomic E-state index is 12.7. The van der Waals surface area contributed by atoms with E-state index in [1.165, 1.54) is 18.4 Å². The van der Waals surface area contributed by atoms with Crippen LogP contribution in [0.4, 0.5) is 0 Å². The molecule has 116 valence electrons. The Morgan fingerprint density at radius 1 is 0.913 bits per heavy atom. The fraction of sp³-hybridized carbons (Fsp3) is 0.350. The molecule has 3 saturated heterocycles. The van der Waals surface area contributed by atoms with Crippen LogP contribution in [0.25, 0.3) is 11.1 Å². The molecule has 0 radical (unpaired) electrons. The van der Waals surface area contributed by atoms with Gasteiger partial charge in [0.05, 0.1) is 0 Å². The van der Waals surface area contributed by atoms with Crippen LogP contribution < -0.4 is 5.32 Å². The normalized spacial score (nSPS) is 28.3. The molecule has 4 aliphatic rings. The van der Waals surface area contributed by atoms with Gasteiger partial charge in [0, 0.05) is 42.8 Å². The summed E-state index contributed by atoms with van der Waals surface area (Å²) in [6.45, 7) is 3.31. The highest BCUT2D eigenvalue weighted by atomic mass is 16.1. The first-order valence-corrected chi connectivity index (χ1v) is 8.57. The monoisotopic (exact) mass is 304 g/mol. The maximum absolute atomic E-state index is 12.7. The lowest BCUT2D eigenvalue weighted by Gasteiger charge is -2.31. The molecule has 0 saturated carbocycles. The topological polar surface area (TPSA) is 32.3 Å². The van der Waals surface area contributed by atoms with Crippen LogP contribution in [0.5, 0.6) is 0 Å². The van der Waals surface area contributed by atoms with Gasteiger partial charge in [-0.15, -0.1) is 0 Å². The Morgan fingerprint density at radius 3 is 2.48 bits per heavy atom. The van der Waals surface area contributed by atoms with Crippen LogP contribution in [-0.2, 0) is 0 Å². The molecule has 3 heterocycles. The lowest BCUT2D eigenvalue weighted by molar-refractivity contribution is 0.104. The summed E-state index contributed by atoms with van der Waals surface area (Å²) in [4.78, 5) is 15.3. The summed E-state index contributed by atoms with van der Waals surface area (Å²) in [6, 6.07) is 15.5.